The van der Waals surface area contributed by atoms with Gasteiger partial charge >= 0.3 is 6.18 Å². The monoisotopic (exact) mass is 256 g/mol. The van der Waals surface area contributed by atoms with Crippen molar-refractivity contribution in [1.29, 1.82) is 0 Å². The van der Waals surface area contributed by atoms with E-state index in [1.807, 2.05) is 0 Å². The number of alkyl halides is 3. The first-order valence-electron chi connectivity index (χ1n) is 5.81. The zero-order chi connectivity index (χ0) is 12.9. The molecule has 2 aliphatic carbocycles. The van der Waals surface area contributed by atoms with Gasteiger partial charge in [0.25, 0.3) is 0 Å². The van der Waals surface area contributed by atoms with E-state index in [1.165, 1.54) is 18.4 Å². The van der Waals surface area contributed by atoms with Crippen LogP contribution >= 0.6 is 0 Å². The summed E-state index contributed by atoms with van der Waals surface area (Å²) in [5, 5.41) is 0. The molecule has 0 aromatic carbocycles. The Balaban J connectivity index is 1.95. The Morgan fingerprint density at radius 1 is 1.28 bits per heavy atom. The zero-order valence-electron chi connectivity index (χ0n) is 9.35. The van der Waals surface area contributed by atoms with Crippen molar-refractivity contribution in [3.8, 4) is 0 Å². The second-order valence-corrected chi connectivity index (χ2v) is 4.88. The van der Waals surface area contributed by atoms with Gasteiger partial charge in [0.05, 0.1) is 12.2 Å². The minimum Gasteiger partial charge on any atom is -0.461 e. The minimum absolute atomic E-state index is 0.0233. The van der Waals surface area contributed by atoms with Crippen LogP contribution in [0.1, 0.15) is 17.0 Å². The van der Waals surface area contributed by atoms with E-state index < -0.39 is 29.7 Å². The van der Waals surface area contributed by atoms with Gasteiger partial charge in [0.1, 0.15) is 0 Å². The molecular formula is C13H11F3O2. The number of ketones is 1. The molecule has 2 bridgehead atoms. The molecule has 3 rings (SSSR count). The summed E-state index contributed by atoms with van der Waals surface area (Å²) in [5.41, 5.74) is 0. The van der Waals surface area contributed by atoms with E-state index in [9.17, 15) is 18.0 Å². The van der Waals surface area contributed by atoms with E-state index >= 15 is 0 Å². The van der Waals surface area contributed by atoms with Crippen LogP contribution in [-0.2, 0) is 0 Å². The number of carbonyl (C=O) groups is 1. The number of hydrogen-bond acceptors (Lipinski definition) is 2. The maximum Gasteiger partial charge on any atom is 0.393 e. The molecule has 0 saturated heterocycles. The van der Waals surface area contributed by atoms with Crippen LogP contribution < -0.4 is 0 Å². The third-order valence-electron chi connectivity index (χ3n) is 3.90. The van der Waals surface area contributed by atoms with Gasteiger partial charge in [0, 0.05) is 5.92 Å². The van der Waals surface area contributed by atoms with Crippen LogP contribution in [-0.4, -0.2) is 12.0 Å². The molecule has 1 aromatic heterocycles. The lowest BCUT2D eigenvalue weighted by Gasteiger charge is -2.28. The molecule has 4 atom stereocenters. The van der Waals surface area contributed by atoms with Gasteiger partial charge < -0.3 is 4.42 Å². The first-order chi connectivity index (χ1) is 8.48. The Kier molecular flexibility index (Phi) is 2.40. The SMILES string of the molecule is O=C(c1ccco1)[C@H]1[C@H](C(F)(F)F)[C@@H]2C=C[C@H]1C2. The van der Waals surface area contributed by atoms with E-state index in [0.29, 0.717) is 6.42 Å². The van der Waals surface area contributed by atoms with E-state index in [-0.39, 0.29) is 11.7 Å². The third kappa shape index (κ3) is 1.61. The van der Waals surface area contributed by atoms with Crippen molar-refractivity contribution in [2.24, 2.45) is 23.7 Å². The van der Waals surface area contributed by atoms with Gasteiger partial charge in [-0.15, -0.1) is 0 Å². The van der Waals surface area contributed by atoms with Gasteiger partial charge in [-0.2, -0.15) is 13.2 Å². The van der Waals surface area contributed by atoms with Crippen LogP contribution in [0, 0.1) is 23.7 Å². The number of fused-ring (bicyclic) bond motifs is 2. The Labute approximate surface area is 101 Å². The smallest absolute Gasteiger partial charge is 0.393 e. The average molecular weight is 256 g/mol. The van der Waals surface area contributed by atoms with Gasteiger partial charge in [-0.1, -0.05) is 12.2 Å². The number of halogens is 3. The van der Waals surface area contributed by atoms with Crippen molar-refractivity contribution in [3.63, 3.8) is 0 Å². The maximum atomic E-state index is 13.1. The second-order valence-electron chi connectivity index (χ2n) is 4.88. The highest BCUT2D eigenvalue weighted by Gasteiger charge is 2.59. The Bertz CT molecular complexity index is 487. The van der Waals surface area contributed by atoms with Crippen molar-refractivity contribution in [3.05, 3.63) is 36.3 Å². The van der Waals surface area contributed by atoms with Crippen LogP contribution in [0.4, 0.5) is 13.2 Å². The van der Waals surface area contributed by atoms with E-state index in [4.69, 9.17) is 4.42 Å². The lowest BCUT2D eigenvalue weighted by molar-refractivity contribution is -0.188. The molecule has 96 valence electrons. The third-order valence-corrected chi connectivity index (χ3v) is 3.90. The van der Waals surface area contributed by atoms with Gasteiger partial charge in [-0.05, 0) is 30.4 Å². The van der Waals surface area contributed by atoms with Crippen molar-refractivity contribution in [2.45, 2.75) is 12.6 Å². The topological polar surface area (TPSA) is 30.2 Å². The molecule has 0 N–H and O–H groups in total. The molecule has 1 heterocycles. The molecule has 5 heteroatoms. The summed E-state index contributed by atoms with van der Waals surface area (Å²) in [7, 11) is 0. The van der Waals surface area contributed by atoms with Gasteiger partial charge in [-0.3, -0.25) is 4.79 Å². The number of allylic oxidation sites excluding steroid dienone is 2. The summed E-state index contributed by atoms with van der Waals surface area (Å²) in [6.07, 6.45) is 0.713. The van der Waals surface area contributed by atoms with Gasteiger partial charge in [-0.25, -0.2) is 0 Å². The molecule has 1 saturated carbocycles. The first kappa shape index (κ1) is 11.6. The summed E-state index contributed by atoms with van der Waals surface area (Å²) < 4.78 is 44.1. The van der Waals surface area contributed by atoms with Crippen LogP contribution in [0.2, 0.25) is 0 Å². The molecule has 0 radical (unpaired) electrons. The number of furan rings is 1. The van der Waals surface area contributed by atoms with Crippen LogP contribution in [0.3, 0.4) is 0 Å². The normalized spacial score (nSPS) is 34.2. The van der Waals surface area contributed by atoms with Gasteiger partial charge in [0.15, 0.2) is 5.76 Å². The molecule has 0 unspecified atom stereocenters. The quantitative estimate of drug-likeness (QED) is 0.599. The summed E-state index contributed by atoms with van der Waals surface area (Å²) in [5.74, 6) is -3.95. The standard InChI is InChI=1S/C13H11F3O2/c14-13(15,16)11-8-4-3-7(6-8)10(11)12(17)9-2-1-5-18-9/h1-5,7-8,10-11H,6H2/t7-,8+,10+,11+/m0/s1. The highest BCUT2D eigenvalue weighted by molar-refractivity contribution is 5.96. The molecule has 0 amide bonds. The van der Waals surface area contributed by atoms with Crippen molar-refractivity contribution >= 4 is 5.78 Å². The fraction of sp³-hybridized carbons (Fsp3) is 0.462. The second kappa shape index (κ2) is 3.73. The number of Topliss-reactive ketones (excluding diaryl/α,β-unsaturated/α-hetero) is 1. The van der Waals surface area contributed by atoms with Crippen LogP contribution in [0.15, 0.2) is 35.0 Å². The Morgan fingerprint density at radius 3 is 2.61 bits per heavy atom. The molecule has 2 aliphatic rings. The minimum atomic E-state index is -4.34. The van der Waals surface area contributed by atoms with Gasteiger partial charge in [0.2, 0.25) is 5.78 Å². The summed E-state index contributed by atoms with van der Waals surface area (Å²) >= 11 is 0. The highest BCUT2D eigenvalue weighted by atomic mass is 19.4. The summed E-state index contributed by atoms with van der Waals surface area (Å²) in [6.45, 7) is 0. The summed E-state index contributed by atoms with van der Waals surface area (Å²) in [6, 6.07) is 2.93. The molecule has 0 aliphatic heterocycles. The fourth-order valence-electron chi connectivity index (χ4n) is 3.21. The molecule has 1 fully saturated rings. The first-order valence-corrected chi connectivity index (χ1v) is 5.81. The lowest BCUT2D eigenvalue weighted by atomic mass is 9.79. The predicted octanol–water partition coefficient (Wildman–Crippen LogP) is 3.46. The summed E-state index contributed by atoms with van der Waals surface area (Å²) in [4.78, 5) is 12.1. The van der Waals surface area contributed by atoms with Crippen molar-refractivity contribution in [1.82, 2.24) is 0 Å². The molecule has 2 nitrogen and oxygen atoms in total. The van der Waals surface area contributed by atoms with E-state index in [2.05, 4.69) is 0 Å². The average Bonchev–Trinajstić information content (AvgIpc) is 3.01. The van der Waals surface area contributed by atoms with E-state index in [0.717, 1.165) is 0 Å². The molecule has 0 spiro atoms. The number of carbonyl (C=O) groups excluding carboxylic acids is 1. The molecular weight excluding hydrogens is 245 g/mol. The van der Waals surface area contributed by atoms with Crippen LogP contribution in [0.5, 0.6) is 0 Å². The zero-order valence-corrected chi connectivity index (χ0v) is 9.35. The maximum absolute atomic E-state index is 13.1. The van der Waals surface area contributed by atoms with E-state index in [1.54, 1.807) is 12.2 Å². The molecule has 18 heavy (non-hydrogen) atoms. The Morgan fingerprint density at radius 2 is 2.00 bits per heavy atom. The van der Waals surface area contributed by atoms with Crippen LogP contribution in [0.25, 0.3) is 0 Å². The fourth-order valence-corrected chi connectivity index (χ4v) is 3.21. The molecule has 1 aromatic rings. The lowest BCUT2D eigenvalue weighted by Crippen LogP contribution is -2.37. The number of rotatable bonds is 2. The highest BCUT2D eigenvalue weighted by Crippen LogP contribution is 2.55. The Hall–Kier alpha value is -1.52. The number of hydrogen-bond donors (Lipinski definition) is 0. The van der Waals surface area contributed by atoms with Crippen molar-refractivity contribution < 1.29 is 22.4 Å². The predicted molar refractivity (Wildman–Crippen MR) is 56.8 cm³/mol. The largest absolute Gasteiger partial charge is 0.461 e. The van der Waals surface area contributed by atoms with Crippen molar-refractivity contribution in [2.75, 3.05) is 0 Å².